The highest BCUT2D eigenvalue weighted by Gasteiger charge is 2.11. The maximum atomic E-state index is 2.54. The first-order valence-corrected chi connectivity index (χ1v) is 8.45. The molecule has 0 spiro atoms. The number of hydrogen-bond donors (Lipinski definition) is 0. The summed E-state index contributed by atoms with van der Waals surface area (Å²) in [5.74, 6) is 0. The van der Waals surface area contributed by atoms with Crippen molar-refractivity contribution in [2.75, 3.05) is 19.6 Å². The van der Waals surface area contributed by atoms with E-state index in [2.05, 4.69) is 32.6 Å². The highest BCUT2D eigenvalue weighted by Crippen LogP contribution is 2.08. The molecular weight excluding hydrogens is 173 g/mol. The fourth-order valence-electron chi connectivity index (χ4n) is 1.84. The molecule has 0 aliphatic heterocycles. The van der Waals surface area contributed by atoms with Crippen molar-refractivity contribution in [3.63, 3.8) is 0 Å². The Labute approximate surface area is 88.9 Å². The van der Waals surface area contributed by atoms with Gasteiger partial charge in [0.15, 0.2) is 0 Å². The largest absolute Gasteiger partial charge is 0.304 e. The van der Waals surface area contributed by atoms with Crippen LogP contribution in [0.5, 0.6) is 0 Å². The summed E-state index contributed by atoms with van der Waals surface area (Å²) in [7, 11) is 0. The van der Waals surface area contributed by atoms with E-state index in [-0.39, 0.29) is 14.1 Å². The van der Waals surface area contributed by atoms with Gasteiger partial charge in [0.1, 0.15) is 0 Å². The van der Waals surface area contributed by atoms with Gasteiger partial charge in [-0.25, -0.2) is 0 Å². The van der Waals surface area contributed by atoms with Crippen molar-refractivity contribution in [3.8, 4) is 0 Å². The summed E-state index contributed by atoms with van der Waals surface area (Å²) >= 11 is -0.300. The van der Waals surface area contributed by atoms with Crippen LogP contribution in [-0.2, 0) is 0 Å². The summed E-state index contributed by atoms with van der Waals surface area (Å²) < 4.78 is 0. The molecule has 78 valence electrons. The molecule has 0 atom stereocenters. The molecular formula is C11H26AlN. The fraction of sp³-hybridized carbons (Fsp3) is 1.00. The second kappa shape index (κ2) is 9.06. The lowest BCUT2D eigenvalue weighted by Crippen LogP contribution is -2.25. The van der Waals surface area contributed by atoms with E-state index in [1.165, 1.54) is 36.6 Å². The average Bonchev–Trinajstić information content (AvgIpc) is 2.19. The summed E-state index contributed by atoms with van der Waals surface area (Å²) in [4.78, 5) is 2.54. The summed E-state index contributed by atoms with van der Waals surface area (Å²) in [5.41, 5.74) is 0. The Kier molecular flexibility index (Phi) is 9.41. The van der Waals surface area contributed by atoms with Gasteiger partial charge in [0.25, 0.3) is 14.1 Å². The lowest BCUT2D eigenvalue weighted by Gasteiger charge is -2.18. The van der Waals surface area contributed by atoms with E-state index in [0.29, 0.717) is 0 Å². The van der Waals surface area contributed by atoms with Crippen LogP contribution in [0, 0.1) is 0 Å². The van der Waals surface area contributed by atoms with Crippen molar-refractivity contribution in [1.82, 2.24) is 4.90 Å². The van der Waals surface area contributed by atoms with Crippen molar-refractivity contribution in [1.29, 1.82) is 0 Å². The Morgan fingerprint density at radius 3 is 1.85 bits per heavy atom. The molecule has 0 rings (SSSR count). The fourth-order valence-corrected chi connectivity index (χ4v) is 3.99. The first-order valence-electron chi connectivity index (χ1n) is 6.00. The van der Waals surface area contributed by atoms with Gasteiger partial charge in [-0.1, -0.05) is 50.0 Å². The molecule has 0 N–H and O–H groups in total. The first-order chi connectivity index (χ1) is 6.28. The molecule has 0 unspecified atom stereocenters. The van der Waals surface area contributed by atoms with E-state index in [1.54, 1.807) is 5.28 Å². The third kappa shape index (κ3) is 6.55. The van der Waals surface area contributed by atoms with Crippen LogP contribution < -0.4 is 0 Å². The maximum absolute atomic E-state index is 2.54. The van der Waals surface area contributed by atoms with Gasteiger partial charge in [-0.05, 0) is 19.6 Å². The van der Waals surface area contributed by atoms with Gasteiger partial charge < -0.3 is 4.90 Å². The Balaban J connectivity index is 3.41. The smallest absolute Gasteiger partial charge is 0.261 e. The second-order valence-corrected chi connectivity index (χ2v) is 7.79. The third-order valence-electron chi connectivity index (χ3n) is 3.14. The zero-order chi connectivity index (χ0) is 10.1. The minimum Gasteiger partial charge on any atom is -0.304 e. The number of hydrogen-bond acceptors (Lipinski definition) is 1. The molecule has 13 heavy (non-hydrogen) atoms. The Morgan fingerprint density at radius 2 is 1.46 bits per heavy atom. The highest BCUT2D eigenvalue weighted by molar-refractivity contribution is 6.58. The van der Waals surface area contributed by atoms with Gasteiger partial charge in [0.2, 0.25) is 0 Å². The minimum atomic E-state index is -0.300. The molecule has 0 heterocycles. The summed E-state index contributed by atoms with van der Waals surface area (Å²) in [6, 6.07) is 0. The van der Waals surface area contributed by atoms with Crippen LogP contribution in [0.2, 0.25) is 15.8 Å². The predicted octanol–water partition coefficient (Wildman–Crippen LogP) is 3.25. The standard InChI is InChI=1S/C7H16N.2C2H5.Al/c1-4-7-8(5-2)6-3;2*1-2;/h1,4-7H2,2-3H3;2*1H2,2H3;. The van der Waals surface area contributed by atoms with Gasteiger partial charge >= 0.3 is 0 Å². The molecule has 0 fully saturated rings. The quantitative estimate of drug-likeness (QED) is 0.542. The van der Waals surface area contributed by atoms with Crippen LogP contribution in [0.1, 0.15) is 34.1 Å². The Bertz CT molecular complexity index is 86.3. The van der Waals surface area contributed by atoms with Gasteiger partial charge in [-0.3, -0.25) is 0 Å². The summed E-state index contributed by atoms with van der Waals surface area (Å²) in [5, 5.41) is 4.55. The zero-order valence-electron chi connectivity index (χ0n) is 9.97. The zero-order valence-corrected chi connectivity index (χ0v) is 11.1. The number of nitrogens with zero attached hydrogens (tertiary/aromatic N) is 1. The SMILES string of the molecule is CCN(CC)CC[CH2][Al]([CH2]C)[CH2]C. The molecule has 0 aromatic heterocycles. The molecule has 0 radical (unpaired) electrons. The average molecular weight is 199 g/mol. The lowest BCUT2D eigenvalue weighted by atomic mass is 10.4. The van der Waals surface area contributed by atoms with Crippen LogP contribution in [0.4, 0.5) is 0 Å². The van der Waals surface area contributed by atoms with E-state index < -0.39 is 0 Å². The van der Waals surface area contributed by atoms with Gasteiger partial charge in [-0.15, -0.1) is 0 Å². The Morgan fingerprint density at radius 1 is 0.923 bits per heavy atom. The monoisotopic (exact) mass is 199 g/mol. The van der Waals surface area contributed by atoms with Crippen LogP contribution >= 0.6 is 0 Å². The van der Waals surface area contributed by atoms with Crippen molar-refractivity contribution < 1.29 is 0 Å². The molecule has 0 aliphatic carbocycles. The predicted molar refractivity (Wildman–Crippen MR) is 63.9 cm³/mol. The van der Waals surface area contributed by atoms with E-state index in [4.69, 9.17) is 0 Å². The van der Waals surface area contributed by atoms with Crippen molar-refractivity contribution >= 4 is 14.1 Å². The van der Waals surface area contributed by atoms with Crippen molar-refractivity contribution in [3.05, 3.63) is 0 Å². The van der Waals surface area contributed by atoms with Gasteiger partial charge in [0.05, 0.1) is 0 Å². The molecule has 0 aromatic carbocycles. The van der Waals surface area contributed by atoms with Crippen LogP contribution in [-0.4, -0.2) is 38.7 Å². The van der Waals surface area contributed by atoms with Crippen LogP contribution in [0.3, 0.4) is 0 Å². The second-order valence-electron chi connectivity index (χ2n) is 3.85. The molecule has 0 aliphatic rings. The minimum absolute atomic E-state index is 0.300. The molecule has 0 bridgehead atoms. The van der Waals surface area contributed by atoms with Crippen molar-refractivity contribution in [2.45, 2.75) is 50.0 Å². The topological polar surface area (TPSA) is 3.24 Å². The molecule has 1 nitrogen and oxygen atoms in total. The summed E-state index contributed by atoms with van der Waals surface area (Å²) in [6.07, 6.45) is 1.44. The van der Waals surface area contributed by atoms with E-state index in [0.717, 1.165) is 0 Å². The van der Waals surface area contributed by atoms with E-state index in [9.17, 15) is 0 Å². The Hall–Kier alpha value is 0.492. The molecule has 0 aromatic rings. The molecule has 0 saturated heterocycles. The van der Waals surface area contributed by atoms with E-state index >= 15 is 0 Å². The van der Waals surface area contributed by atoms with Crippen LogP contribution in [0.15, 0.2) is 0 Å². The molecule has 0 amide bonds. The van der Waals surface area contributed by atoms with Gasteiger partial charge in [-0.2, -0.15) is 0 Å². The highest BCUT2D eigenvalue weighted by atomic mass is 27.2. The normalized spacial score (nSPS) is 10.8. The molecule has 2 heteroatoms. The first kappa shape index (κ1) is 13.5. The van der Waals surface area contributed by atoms with Crippen LogP contribution in [0.25, 0.3) is 0 Å². The summed E-state index contributed by atoms with van der Waals surface area (Å²) in [6.45, 7) is 13.0. The third-order valence-corrected chi connectivity index (χ3v) is 6.67. The molecule has 0 saturated carbocycles. The maximum Gasteiger partial charge on any atom is 0.261 e. The van der Waals surface area contributed by atoms with E-state index in [1.807, 2.05) is 0 Å². The number of rotatable bonds is 8. The van der Waals surface area contributed by atoms with Gasteiger partial charge in [0, 0.05) is 0 Å². The van der Waals surface area contributed by atoms with Crippen molar-refractivity contribution in [2.24, 2.45) is 0 Å². The lowest BCUT2D eigenvalue weighted by molar-refractivity contribution is 0.304.